The van der Waals surface area contributed by atoms with Gasteiger partial charge in [-0.05, 0) is 55.5 Å². The van der Waals surface area contributed by atoms with Gasteiger partial charge in [0.1, 0.15) is 5.82 Å². The van der Waals surface area contributed by atoms with Gasteiger partial charge in [0.15, 0.2) is 5.78 Å². The summed E-state index contributed by atoms with van der Waals surface area (Å²) >= 11 is 0. The van der Waals surface area contributed by atoms with Crippen LogP contribution in [0.3, 0.4) is 0 Å². The largest absolute Gasteiger partial charge is 0.330 e. The number of carbonyl (C=O) groups excluding carboxylic acids is 1. The maximum Gasteiger partial charge on any atom is 0.163 e. The molecule has 0 saturated heterocycles. The number of Topliss-reactive ketones (excluding diaryl/α,β-unsaturated/α-hetero) is 1. The van der Waals surface area contributed by atoms with Gasteiger partial charge >= 0.3 is 0 Å². The van der Waals surface area contributed by atoms with Gasteiger partial charge in [-0.2, -0.15) is 0 Å². The summed E-state index contributed by atoms with van der Waals surface area (Å²) in [6.07, 6.45) is 6.13. The predicted octanol–water partition coefficient (Wildman–Crippen LogP) is 3.62. The zero-order valence-electron chi connectivity index (χ0n) is 11.5. The quantitative estimate of drug-likeness (QED) is 0.843. The van der Waals surface area contributed by atoms with E-state index in [0.717, 1.165) is 25.7 Å². The molecule has 0 radical (unpaired) electrons. The Labute approximate surface area is 114 Å². The van der Waals surface area contributed by atoms with Crippen LogP contribution in [0, 0.1) is 18.2 Å². The Morgan fingerprint density at radius 3 is 2.58 bits per heavy atom. The summed E-state index contributed by atoms with van der Waals surface area (Å²) in [6.45, 7) is 2.35. The van der Waals surface area contributed by atoms with E-state index in [-0.39, 0.29) is 17.0 Å². The number of carbonyl (C=O) groups is 1. The number of rotatable bonds is 4. The van der Waals surface area contributed by atoms with Gasteiger partial charge in [0, 0.05) is 12.0 Å². The lowest BCUT2D eigenvalue weighted by atomic mass is 9.70. The van der Waals surface area contributed by atoms with E-state index in [4.69, 9.17) is 5.73 Å². The van der Waals surface area contributed by atoms with Crippen molar-refractivity contribution in [3.05, 3.63) is 35.1 Å². The Morgan fingerprint density at radius 2 is 2.00 bits per heavy atom. The van der Waals surface area contributed by atoms with Crippen LogP contribution < -0.4 is 5.73 Å². The third kappa shape index (κ3) is 3.21. The maximum absolute atomic E-state index is 13.1. The highest BCUT2D eigenvalue weighted by Gasteiger charge is 2.33. The summed E-state index contributed by atoms with van der Waals surface area (Å²) in [5.41, 5.74) is 7.24. The molecule has 0 bridgehead atoms. The molecule has 2 rings (SSSR count). The van der Waals surface area contributed by atoms with Crippen LogP contribution in [0.25, 0.3) is 0 Å². The second-order valence-corrected chi connectivity index (χ2v) is 5.82. The monoisotopic (exact) mass is 263 g/mol. The van der Waals surface area contributed by atoms with Crippen molar-refractivity contribution in [3.63, 3.8) is 0 Å². The van der Waals surface area contributed by atoms with E-state index >= 15 is 0 Å². The lowest BCUT2D eigenvalue weighted by Gasteiger charge is -2.35. The molecule has 1 aliphatic rings. The number of halogens is 1. The third-order valence-electron chi connectivity index (χ3n) is 4.37. The number of aryl methyl sites for hydroxylation is 1. The molecule has 0 heterocycles. The number of nitrogens with two attached hydrogens (primary N) is 1. The molecule has 1 aromatic carbocycles. The number of hydrogen-bond acceptors (Lipinski definition) is 2. The van der Waals surface area contributed by atoms with Gasteiger partial charge in [-0.15, -0.1) is 0 Å². The van der Waals surface area contributed by atoms with E-state index < -0.39 is 0 Å². The summed E-state index contributed by atoms with van der Waals surface area (Å²) in [5.74, 6) is -0.190. The second-order valence-electron chi connectivity index (χ2n) is 5.82. The lowest BCUT2D eigenvalue weighted by Crippen LogP contribution is -2.35. The topological polar surface area (TPSA) is 43.1 Å². The number of benzene rings is 1. The Kier molecular flexibility index (Phi) is 4.35. The Balaban J connectivity index is 2.15. The van der Waals surface area contributed by atoms with E-state index in [0.29, 0.717) is 24.1 Å². The highest BCUT2D eigenvalue weighted by Crippen LogP contribution is 2.39. The SMILES string of the molecule is Cc1cc(F)ccc1C(=O)CC1(CN)CCCCC1. The summed E-state index contributed by atoms with van der Waals surface area (Å²) in [6, 6.07) is 4.37. The summed E-state index contributed by atoms with van der Waals surface area (Å²) in [4.78, 5) is 12.4. The Hall–Kier alpha value is -1.22. The van der Waals surface area contributed by atoms with Crippen LogP contribution in [0.1, 0.15) is 54.4 Å². The molecule has 0 atom stereocenters. The molecule has 19 heavy (non-hydrogen) atoms. The molecule has 0 aliphatic heterocycles. The Bertz CT molecular complexity index is 464. The minimum Gasteiger partial charge on any atom is -0.330 e. The first-order valence-corrected chi connectivity index (χ1v) is 7.06. The van der Waals surface area contributed by atoms with Crippen molar-refractivity contribution in [1.29, 1.82) is 0 Å². The standard InChI is InChI=1S/C16H22FNO/c1-12-9-13(17)5-6-14(12)15(19)10-16(11-18)7-3-2-4-8-16/h5-6,9H,2-4,7-8,10-11,18H2,1H3. The van der Waals surface area contributed by atoms with Gasteiger partial charge in [0.2, 0.25) is 0 Å². The van der Waals surface area contributed by atoms with Crippen molar-refractivity contribution in [2.45, 2.75) is 45.4 Å². The molecule has 0 spiro atoms. The second kappa shape index (κ2) is 5.83. The van der Waals surface area contributed by atoms with Crippen LogP contribution in [0.4, 0.5) is 4.39 Å². The van der Waals surface area contributed by atoms with Crippen LogP contribution in [-0.4, -0.2) is 12.3 Å². The van der Waals surface area contributed by atoms with Gasteiger partial charge in [-0.1, -0.05) is 19.3 Å². The Morgan fingerprint density at radius 1 is 1.32 bits per heavy atom. The fourth-order valence-electron chi connectivity index (χ4n) is 3.13. The van der Waals surface area contributed by atoms with Gasteiger partial charge in [0.25, 0.3) is 0 Å². The van der Waals surface area contributed by atoms with Crippen molar-refractivity contribution in [2.75, 3.05) is 6.54 Å². The van der Waals surface area contributed by atoms with Gasteiger partial charge in [-0.25, -0.2) is 4.39 Å². The molecular weight excluding hydrogens is 241 g/mol. The first-order chi connectivity index (χ1) is 9.06. The van der Waals surface area contributed by atoms with Gasteiger partial charge < -0.3 is 5.73 Å². The average molecular weight is 263 g/mol. The third-order valence-corrected chi connectivity index (χ3v) is 4.37. The first-order valence-electron chi connectivity index (χ1n) is 7.06. The molecule has 1 fully saturated rings. The normalized spacial score (nSPS) is 18.3. The number of hydrogen-bond donors (Lipinski definition) is 1. The zero-order chi connectivity index (χ0) is 13.9. The lowest BCUT2D eigenvalue weighted by molar-refractivity contribution is 0.0867. The van der Waals surface area contributed by atoms with Crippen LogP contribution in [0.5, 0.6) is 0 Å². The summed E-state index contributed by atoms with van der Waals surface area (Å²) in [7, 11) is 0. The van der Waals surface area contributed by atoms with Crippen molar-refractivity contribution in [1.82, 2.24) is 0 Å². The van der Waals surface area contributed by atoms with E-state index in [1.807, 2.05) is 0 Å². The summed E-state index contributed by atoms with van der Waals surface area (Å²) in [5, 5.41) is 0. The van der Waals surface area contributed by atoms with Gasteiger partial charge in [0.05, 0.1) is 0 Å². The van der Waals surface area contributed by atoms with Crippen molar-refractivity contribution >= 4 is 5.78 Å². The molecule has 0 unspecified atom stereocenters. The van der Waals surface area contributed by atoms with Crippen LogP contribution in [0.2, 0.25) is 0 Å². The van der Waals surface area contributed by atoms with Gasteiger partial charge in [-0.3, -0.25) is 4.79 Å². The highest BCUT2D eigenvalue weighted by molar-refractivity contribution is 5.97. The van der Waals surface area contributed by atoms with Crippen LogP contribution in [-0.2, 0) is 0 Å². The fraction of sp³-hybridized carbons (Fsp3) is 0.562. The molecule has 2 N–H and O–H groups in total. The predicted molar refractivity (Wildman–Crippen MR) is 74.7 cm³/mol. The van der Waals surface area contributed by atoms with E-state index in [9.17, 15) is 9.18 Å². The molecule has 3 heteroatoms. The summed E-state index contributed by atoms with van der Waals surface area (Å²) < 4.78 is 13.1. The smallest absolute Gasteiger partial charge is 0.163 e. The minimum absolute atomic E-state index is 0.0316. The molecule has 0 amide bonds. The average Bonchev–Trinajstić information content (AvgIpc) is 2.39. The van der Waals surface area contributed by atoms with Crippen LogP contribution in [0.15, 0.2) is 18.2 Å². The fourth-order valence-corrected chi connectivity index (χ4v) is 3.13. The molecule has 2 nitrogen and oxygen atoms in total. The van der Waals surface area contributed by atoms with Crippen molar-refractivity contribution in [3.8, 4) is 0 Å². The molecule has 1 saturated carbocycles. The highest BCUT2D eigenvalue weighted by atomic mass is 19.1. The molecule has 1 aliphatic carbocycles. The van der Waals surface area contributed by atoms with E-state index in [1.165, 1.54) is 18.6 Å². The minimum atomic E-state index is -0.291. The molecular formula is C16H22FNO. The number of ketones is 1. The van der Waals surface area contributed by atoms with E-state index in [1.54, 1.807) is 13.0 Å². The van der Waals surface area contributed by atoms with Crippen molar-refractivity contribution in [2.24, 2.45) is 11.1 Å². The molecule has 0 aromatic heterocycles. The molecule has 1 aromatic rings. The first kappa shape index (κ1) is 14.2. The van der Waals surface area contributed by atoms with E-state index in [2.05, 4.69) is 0 Å². The molecule has 104 valence electrons. The maximum atomic E-state index is 13.1. The zero-order valence-corrected chi connectivity index (χ0v) is 11.5. The van der Waals surface area contributed by atoms with Crippen LogP contribution >= 0.6 is 0 Å². The van der Waals surface area contributed by atoms with Crippen molar-refractivity contribution < 1.29 is 9.18 Å².